The highest BCUT2D eigenvalue weighted by Crippen LogP contribution is 2.29. The summed E-state index contributed by atoms with van der Waals surface area (Å²) in [5, 5.41) is 0. The van der Waals surface area contributed by atoms with E-state index in [1.54, 1.807) is 44.4 Å². The molecule has 154 valence electrons. The molecule has 4 heteroatoms. The molecule has 0 bridgehead atoms. The van der Waals surface area contributed by atoms with Crippen LogP contribution < -0.4 is 4.74 Å². The Hall–Kier alpha value is -2.88. The summed E-state index contributed by atoms with van der Waals surface area (Å²) in [4.78, 5) is 26.2. The molecule has 0 unspecified atom stereocenters. The summed E-state index contributed by atoms with van der Waals surface area (Å²) < 4.78 is 6.01. The van der Waals surface area contributed by atoms with Gasteiger partial charge in [0.05, 0.1) is 6.61 Å². The Morgan fingerprint density at radius 2 is 1.62 bits per heavy atom. The first kappa shape index (κ1) is 22.4. The Kier molecular flexibility index (Phi) is 8.20. The van der Waals surface area contributed by atoms with E-state index in [1.165, 1.54) is 10.5 Å². The standard InChI is InChI=1S/C25H31NO3/c1-6-15-29-24-19(8-3)16-18(7-2)17-22(24)13-14-23(27)20-9-11-21(12-10-20)25(28)26(4)5/h9-14,16-17H,6-8,15H2,1-5H3/b14-13+. The Labute approximate surface area is 174 Å². The number of ether oxygens (including phenoxy) is 1. The van der Waals surface area contributed by atoms with Gasteiger partial charge >= 0.3 is 0 Å². The molecule has 2 aromatic carbocycles. The molecule has 0 N–H and O–H groups in total. The summed E-state index contributed by atoms with van der Waals surface area (Å²) in [5.74, 6) is 0.679. The first-order chi connectivity index (χ1) is 13.9. The normalized spacial score (nSPS) is 10.9. The molecule has 0 aliphatic rings. The van der Waals surface area contributed by atoms with Gasteiger partial charge in [-0.05, 0) is 60.7 Å². The van der Waals surface area contributed by atoms with E-state index in [1.807, 2.05) is 6.08 Å². The van der Waals surface area contributed by atoms with Gasteiger partial charge in [0.2, 0.25) is 0 Å². The first-order valence-electron chi connectivity index (χ1n) is 10.2. The quantitative estimate of drug-likeness (QED) is 0.435. The highest BCUT2D eigenvalue weighted by Gasteiger charge is 2.11. The SMILES string of the molecule is CCCOc1c(/C=C/C(=O)c2ccc(C(=O)N(C)C)cc2)cc(CC)cc1CC. The fraction of sp³-hybridized carbons (Fsp3) is 0.360. The third-order valence-electron chi connectivity index (χ3n) is 4.73. The molecule has 2 aromatic rings. The summed E-state index contributed by atoms with van der Waals surface area (Å²) in [6.07, 6.45) is 6.15. The van der Waals surface area contributed by atoms with Gasteiger partial charge in [-0.25, -0.2) is 0 Å². The average Bonchev–Trinajstić information content (AvgIpc) is 2.75. The smallest absolute Gasteiger partial charge is 0.253 e. The zero-order chi connectivity index (χ0) is 21.4. The van der Waals surface area contributed by atoms with Gasteiger partial charge < -0.3 is 9.64 Å². The van der Waals surface area contributed by atoms with Crippen LogP contribution in [-0.2, 0) is 12.8 Å². The minimum Gasteiger partial charge on any atom is -0.493 e. The maximum absolute atomic E-state index is 12.6. The number of benzene rings is 2. The zero-order valence-corrected chi connectivity index (χ0v) is 18.1. The van der Waals surface area contributed by atoms with Crippen molar-refractivity contribution in [3.63, 3.8) is 0 Å². The lowest BCUT2D eigenvalue weighted by Gasteiger charge is -2.15. The fourth-order valence-corrected chi connectivity index (χ4v) is 3.05. The highest BCUT2D eigenvalue weighted by atomic mass is 16.5. The second-order valence-corrected chi connectivity index (χ2v) is 7.20. The predicted octanol–water partition coefficient (Wildman–Crippen LogP) is 5.20. The number of hydrogen-bond acceptors (Lipinski definition) is 3. The van der Waals surface area contributed by atoms with E-state index < -0.39 is 0 Å². The largest absolute Gasteiger partial charge is 0.493 e. The van der Waals surface area contributed by atoms with Gasteiger partial charge in [0.15, 0.2) is 5.78 Å². The Balaban J connectivity index is 2.29. The maximum Gasteiger partial charge on any atom is 0.253 e. The number of allylic oxidation sites excluding steroid dienone is 1. The molecule has 0 saturated carbocycles. The Morgan fingerprint density at radius 1 is 0.966 bits per heavy atom. The summed E-state index contributed by atoms with van der Waals surface area (Å²) >= 11 is 0. The molecular weight excluding hydrogens is 362 g/mol. The Bertz CT molecular complexity index is 880. The summed E-state index contributed by atoms with van der Waals surface area (Å²) in [7, 11) is 3.41. The van der Waals surface area contributed by atoms with Crippen molar-refractivity contribution in [2.24, 2.45) is 0 Å². The number of aryl methyl sites for hydroxylation is 2. The molecule has 29 heavy (non-hydrogen) atoms. The van der Waals surface area contributed by atoms with Crippen LogP contribution in [-0.4, -0.2) is 37.3 Å². The van der Waals surface area contributed by atoms with E-state index in [0.29, 0.717) is 17.7 Å². The molecule has 4 nitrogen and oxygen atoms in total. The van der Waals surface area contributed by atoms with Crippen LogP contribution in [0.5, 0.6) is 5.75 Å². The van der Waals surface area contributed by atoms with Crippen molar-refractivity contribution in [2.45, 2.75) is 40.0 Å². The maximum atomic E-state index is 12.6. The van der Waals surface area contributed by atoms with Gasteiger partial charge in [-0.3, -0.25) is 9.59 Å². The van der Waals surface area contributed by atoms with E-state index in [-0.39, 0.29) is 11.7 Å². The number of rotatable bonds is 9. The van der Waals surface area contributed by atoms with Crippen molar-refractivity contribution >= 4 is 17.8 Å². The lowest BCUT2D eigenvalue weighted by molar-refractivity contribution is 0.0827. The van der Waals surface area contributed by atoms with Crippen molar-refractivity contribution in [3.05, 3.63) is 70.3 Å². The zero-order valence-electron chi connectivity index (χ0n) is 18.1. The molecule has 0 saturated heterocycles. The molecule has 2 rings (SSSR count). The van der Waals surface area contributed by atoms with Crippen LogP contribution in [0.2, 0.25) is 0 Å². The number of amides is 1. The second kappa shape index (κ2) is 10.6. The van der Waals surface area contributed by atoms with Gasteiger partial charge in [0.25, 0.3) is 5.91 Å². The van der Waals surface area contributed by atoms with Gasteiger partial charge in [-0.1, -0.05) is 39.0 Å². The van der Waals surface area contributed by atoms with Crippen LogP contribution in [0, 0.1) is 0 Å². The van der Waals surface area contributed by atoms with Crippen LogP contribution in [0.25, 0.3) is 6.08 Å². The van der Waals surface area contributed by atoms with Crippen LogP contribution in [0.1, 0.15) is 64.6 Å². The molecule has 0 heterocycles. The van der Waals surface area contributed by atoms with Gasteiger partial charge in [0, 0.05) is 30.8 Å². The van der Waals surface area contributed by atoms with Gasteiger partial charge in [0.1, 0.15) is 5.75 Å². The highest BCUT2D eigenvalue weighted by molar-refractivity contribution is 6.07. The van der Waals surface area contributed by atoms with Crippen LogP contribution in [0.15, 0.2) is 42.5 Å². The molecule has 0 aliphatic carbocycles. The second-order valence-electron chi connectivity index (χ2n) is 7.20. The first-order valence-corrected chi connectivity index (χ1v) is 10.2. The van der Waals surface area contributed by atoms with Crippen LogP contribution in [0.4, 0.5) is 0 Å². The van der Waals surface area contributed by atoms with Crippen molar-refractivity contribution in [1.29, 1.82) is 0 Å². The number of carbonyl (C=O) groups excluding carboxylic acids is 2. The third-order valence-corrected chi connectivity index (χ3v) is 4.73. The number of ketones is 1. The molecule has 0 atom stereocenters. The van der Waals surface area contributed by atoms with Crippen molar-refractivity contribution in [1.82, 2.24) is 4.90 Å². The summed E-state index contributed by atoms with van der Waals surface area (Å²) in [5.41, 5.74) is 4.44. The van der Waals surface area contributed by atoms with Crippen LogP contribution in [0.3, 0.4) is 0 Å². The van der Waals surface area contributed by atoms with E-state index in [0.717, 1.165) is 36.1 Å². The molecule has 0 fully saturated rings. The molecule has 0 spiro atoms. The molecule has 0 aliphatic heterocycles. The van der Waals surface area contributed by atoms with Gasteiger partial charge in [-0.15, -0.1) is 0 Å². The van der Waals surface area contributed by atoms with E-state index in [9.17, 15) is 9.59 Å². The lowest BCUT2D eigenvalue weighted by Crippen LogP contribution is -2.21. The van der Waals surface area contributed by atoms with Crippen LogP contribution >= 0.6 is 0 Å². The monoisotopic (exact) mass is 393 g/mol. The minimum absolute atomic E-state index is 0.0827. The Morgan fingerprint density at radius 3 is 2.17 bits per heavy atom. The van der Waals surface area contributed by atoms with E-state index >= 15 is 0 Å². The third kappa shape index (κ3) is 5.80. The molecule has 0 radical (unpaired) electrons. The number of nitrogens with zero attached hydrogens (tertiary/aromatic N) is 1. The van der Waals surface area contributed by atoms with Gasteiger partial charge in [-0.2, -0.15) is 0 Å². The van der Waals surface area contributed by atoms with E-state index in [2.05, 4.69) is 32.9 Å². The molecular formula is C25H31NO3. The molecule has 1 amide bonds. The summed E-state index contributed by atoms with van der Waals surface area (Å²) in [6, 6.07) is 11.0. The number of carbonyl (C=O) groups is 2. The van der Waals surface area contributed by atoms with Crippen molar-refractivity contribution < 1.29 is 14.3 Å². The van der Waals surface area contributed by atoms with E-state index in [4.69, 9.17) is 4.74 Å². The van der Waals surface area contributed by atoms with Crippen molar-refractivity contribution in [3.8, 4) is 5.75 Å². The molecule has 0 aromatic heterocycles. The topological polar surface area (TPSA) is 46.6 Å². The average molecular weight is 394 g/mol. The lowest BCUT2D eigenvalue weighted by atomic mass is 9.99. The fourth-order valence-electron chi connectivity index (χ4n) is 3.05. The number of hydrogen-bond donors (Lipinski definition) is 0. The van der Waals surface area contributed by atoms with Crippen molar-refractivity contribution in [2.75, 3.05) is 20.7 Å². The predicted molar refractivity (Wildman–Crippen MR) is 119 cm³/mol. The minimum atomic E-state index is -0.102. The summed E-state index contributed by atoms with van der Waals surface area (Å²) in [6.45, 7) is 6.96.